The van der Waals surface area contributed by atoms with Crippen LogP contribution in [0.15, 0.2) is 78.9 Å². The van der Waals surface area contributed by atoms with Crippen molar-refractivity contribution in [3.05, 3.63) is 95.6 Å². The number of urea groups is 1. The van der Waals surface area contributed by atoms with E-state index >= 15 is 0 Å². The summed E-state index contributed by atoms with van der Waals surface area (Å²) in [6.45, 7) is 2.24. The molecule has 184 valence electrons. The number of fused-ring (bicyclic) bond motifs is 1. The van der Waals surface area contributed by atoms with Crippen LogP contribution in [-0.4, -0.2) is 47.5 Å². The topological polar surface area (TPSA) is 88.2 Å². The van der Waals surface area contributed by atoms with E-state index < -0.39 is 17.5 Å². The monoisotopic (exact) mass is 485 g/mol. The van der Waals surface area contributed by atoms with Gasteiger partial charge in [-0.25, -0.2) is 4.79 Å². The summed E-state index contributed by atoms with van der Waals surface area (Å²) in [6, 6.07) is 24.1. The molecule has 0 bridgehead atoms. The van der Waals surface area contributed by atoms with Crippen LogP contribution < -0.4 is 14.8 Å². The van der Waals surface area contributed by atoms with Gasteiger partial charge in [-0.1, -0.05) is 66.7 Å². The lowest BCUT2D eigenvalue weighted by molar-refractivity contribution is -0.139. The number of carbonyl (C=O) groups excluding carboxylic acids is 3. The van der Waals surface area contributed by atoms with Gasteiger partial charge in [0.05, 0.1) is 0 Å². The maximum Gasteiger partial charge on any atom is 0.325 e. The third-order valence-electron chi connectivity index (χ3n) is 6.60. The number of rotatable bonds is 8. The molecule has 0 unspecified atom stereocenters. The van der Waals surface area contributed by atoms with E-state index in [1.165, 1.54) is 0 Å². The van der Waals surface area contributed by atoms with E-state index in [1.807, 2.05) is 60.7 Å². The zero-order valence-electron chi connectivity index (χ0n) is 20.0. The minimum atomic E-state index is -1.31. The Hall–Kier alpha value is -4.33. The summed E-state index contributed by atoms with van der Waals surface area (Å²) in [4.78, 5) is 42.4. The first kappa shape index (κ1) is 23.4. The van der Waals surface area contributed by atoms with Gasteiger partial charge in [0.15, 0.2) is 11.5 Å². The Bertz CT molecular complexity index is 1280. The second-order valence-corrected chi connectivity index (χ2v) is 9.05. The molecule has 1 saturated heterocycles. The number of nitrogens with one attached hydrogen (secondary N) is 1. The highest BCUT2D eigenvalue weighted by Gasteiger charge is 2.50. The molecule has 5 rings (SSSR count). The average molecular weight is 486 g/mol. The fourth-order valence-corrected chi connectivity index (χ4v) is 4.48. The molecule has 1 atom stereocenters. The second kappa shape index (κ2) is 9.73. The van der Waals surface area contributed by atoms with Crippen LogP contribution in [0.25, 0.3) is 0 Å². The molecule has 0 saturated carbocycles. The van der Waals surface area contributed by atoms with Crippen LogP contribution in [0.2, 0.25) is 0 Å². The number of carbonyl (C=O) groups is 3. The van der Waals surface area contributed by atoms with E-state index in [9.17, 15) is 14.4 Å². The highest BCUT2D eigenvalue weighted by atomic mass is 16.7. The molecule has 0 aromatic heterocycles. The van der Waals surface area contributed by atoms with E-state index in [2.05, 4.69) is 5.32 Å². The first-order valence-corrected chi connectivity index (χ1v) is 11.8. The molecule has 3 aromatic carbocycles. The van der Waals surface area contributed by atoms with E-state index in [0.29, 0.717) is 36.6 Å². The van der Waals surface area contributed by atoms with Crippen LogP contribution in [0, 0.1) is 0 Å². The summed E-state index contributed by atoms with van der Waals surface area (Å²) in [6.07, 6.45) is 0.661. The number of nitrogens with zero attached hydrogens (tertiary/aromatic N) is 2. The van der Waals surface area contributed by atoms with Crippen molar-refractivity contribution in [1.29, 1.82) is 0 Å². The molecule has 0 spiro atoms. The lowest BCUT2D eigenvalue weighted by Gasteiger charge is -2.26. The van der Waals surface area contributed by atoms with Crippen molar-refractivity contribution >= 4 is 17.8 Å². The smallest absolute Gasteiger partial charge is 0.325 e. The molecule has 2 aliphatic rings. The van der Waals surface area contributed by atoms with Gasteiger partial charge in [-0.3, -0.25) is 14.5 Å². The molecule has 3 aromatic rings. The van der Waals surface area contributed by atoms with Crippen LogP contribution in [0.5, 0.6) is 11.5 Å². The molecular formula is C28H27N3O5. The third-order valence-corrected chi connectivity index (χ3v) is 6.60. The Morgan fingerprint density at radius 3 is 2.33 bits per heavy atom. The van der Waals surface area contributed by atoms with Gasteiger partial charge in [-0.05, 0) is 42.2 Å². The van der Waals surface area contributed by atoms with Gasteiger partial charge in [0.1, 0.15) is 12.1 Å². The van der Waals surface area contributed by atoms with Gasteiger partial charge in [-0.2, -0.15) is 0 Å². The molecule has 8 heteroatoms. The van der Waals surface area contributed by atoms with Crippen molar-refractivity contribution in [2.45, 2.75) is 25.4 Å². The van der Waals surface area contributed by atoms with Gasteiger partial charge in [0.25, 0.3) is 5.91 Å². The summed E-state index contributed by atoms with van der Waals surface area (Å²) in [5.41, 5.74) is 1.33. The number of amides is 4. The van der Waals surface area contributed by atoms with Crippen molar-refractivity contribution < 1.29 is 23.9 Å². The molecule has 8 nitrogen and oxygen atoms in total. The minimum Gasteiger partial charge on any atom is -0.454 e. The van der Waals surface area contributed by atoms with Crippen molar-refractivity contribution in [2.75, 3.05) is 19.9 Å². The summed E-state index contributed by atoms with van der Waals surface area (Å²) in [5, 5.41) is 2.76. The fraction of sp³-hybridized carbons (Fsp3) is 0.250. The van der Waals surface area contributed by atoms with Crippen molar-refractivity contribution in [3.8, 4) is 11.5 Å². The quantitative estimate of drug-likeness (QED) is 0.494. The molecule has 2 aliphatic heterocycles. The number of hydrogen-bond donors (Lipinski definition) is 1. The van der Waals surface area contributed by atoms with Crippen molar-refractivity contribution in [3.63, 3.8) is 0 Å². The Balaban J connectivity index is 1.33. The lowest BCUT2D eigenvalue weighted by atomic mass is 9.91. The van der Waals surface area contributed by atoms with Crippen molar-refractivity contribution in [1.82, 2.24) is 15.1 Å². The van der Waals surface area contributed by atoms with Crippen LogP contribution in [-0.2, 0) is 28.1 Å². The first-order valence-electron chi connectivity index (χ1n) is 11.8. The van der Waals surface area contributed by atoms with Crippen LogP contribution in [0.4, 0.5) is 4.79 Å². The molecule has 36 heavy (non-hydrogen) atoms. The van der Waals surface area contributed by atoms with Crippen LogP contribution in [0.1, 0.15) is 23.6 Å². The summed E-state index contributed by atoms with van der Waals surface area (Å²) < 4.78 is 10.8. The largest absolute Gasteiger partial charge is 0.454 e. The Labute approximate surface area is 209 Å². The number of ether oxygens (including phenoxy) is 2. The Kier molecular flexibility index (Phi) is 6.33. The molecule has 1 fully saturated rings. The zero-order valence-corrected chi connectivity index (χ0v) is 20.0. The molecule has 2 heterocycles. The van der Waals surface area contributed by atoms with E-state index in [-0.39, 0.29) is 19.2 Å². The molecule has 0 aliphatic carbocycles. The van der Waals surface area contributed by atoms with Gasteiger partial charge in [0.2, 0.25) is 12.7 Å². The predicted molar refractivity (Wildman–Crippen MR) is 132 cm³/mol. The minimum absolute atomic E-state index is 0.108. The van der Waals surface area contributed by atoms with E-state index in [0.717, 1.165) is 16.0 Å². The SMILES string of the molecule is C[C@]1(c2ccc3c(c2)OCO3)NC(=O)N(CC(=O)N(CCc2ccccc2)Cc2ccccc2)C1=O. The van der Waals surface area contributed by atoms with Crippen LogP contribution >= 0.6 is 0 Å². The second-order valence-electron chi connectivity index (χ2n) is 9.05. The number of imide groups is 1. The summed E-state index contributed by atoms with van der Waals surface area (Å²) in [7, 11) is 0. The van der Waals surface area contributed by atoms with Crippen molar-refractivity contribution in [2.24, 2.45) is 0 Å². The maximum absolute atomic E-state index is 13.4. The predicted octanol–water partition coefficient (Wildman–Crippen LogP) is 3.45. The lowest BCUT2D eigenvalue weighted by Crippen LogP contribution is -2.44. The zero-order chi connectivity index (χ0) is 25.1. The van der Waals surface area contributed by atoms with Gasteiger partial charge in [-0.15, -0.1) is 0 Å². The summed E-state index contributed by atoms with van der Waals surface area (Å²) in [5.74, 6) is 0.317. The Morgan fingerprint density at radius 2 is 1.61 bits per heavy atom. The fourth-order valence-electron chi connectivity index (χ4n) is 4.48. The van der Waals surface area contributed by atoms with E-state index in [1.54, 1.807) is 30.0 Å². The van der Waals surface area contributed by atoms with Gasteiger partial charge >= 0.3 is 6.03 Å². The summed E-state index contributed by atoms with van der Waals surface area (Å²) >= 11 is 0. The number of hydrogen-bond acceptors (Lipinski definition) is 5. The van der Waals surface area contributed by atoms with Gasteiger partial charge < -0.3 is 19.7 Å². The molecular weight excluding hydrogens is 458 g/mol. The normalized spacial score (nSPS) is 18.3. The van der Waals surface area contributed by atoms with Crippen LogP contribution in [0.3, 0.4) is 0 Å². The first-order chi connectivity index (χ1) is 17.4. The Morgan fingerprint density at radius 1 is 0.944 bits per heavy atom. The molecule has 0 radical (unpaired) electrons. The molecule has 1 N–H and O–H groups in total. The highest BCUT2D eigenvalue weighted by molar-refractivity contribution is 6.09. The average Bonchev–Trinajstić information content (AvgIpc) is 3.46. The van der Waals surface area contributed by atoms with E-state index in [4.69, 9.17) is 9.47 Å². The third kappa shape index (κ3) is 4.62. The van der Waals surface area contributed by atoms with Gasteiger partial charge in [0, 0.05) is 13.1 Å². The standard InChI is InChI=1S/C28H27N3O5/c1-28(22-12-13-23-24(16-22)36-19-35-23)26(33)31(27(34)29-28)18-25(32)30(17-21-10-6-3-7-11-21)15-14-20-8-4-2-5-9-20/h2-13,16H,14-15,17-19H2,1H3,(H,29,34)/t28-/m1/s1. The number of benzene rings is 3. The molecule has 4 amide bonds. The maximum atomic E-state index is 13.4. The highest BCUT2D eigenvalue weighted by Crippen LogP contribution is 2.37.